The van der Waals surface area contributed by atoms with E-state index in [-0.39, 0.29) is 46.9 Å². The summed E-state index contributed by atoms with van der Waals surface area (Å²) in [7, 11) is -4.01. The van der Waals surface area contributed by atoms with Gasteiger partial charge in [0.25, 0.3) is 0 Å². The Labute approximate surface area is 191 Å². The second-order valence-corrected chi connectivity index (χ2v) is 9.73. The summed E-state index contributed by atoms with van der Waals surface area (Å²) in [5.74, 6) is 0.0545. The van der Waals surface area contributed by atoms with Gasteiger partial charge in [-0.1, -0.05) is 87.8 Å². The largest absolute Gasteiger partial charge is 0.462 e. The van der Waals surface area contributed by atoms with Crippen molar-refractivity contribution in [2.75, 3.05) is 0 Å². The molecule has 0 heterocycles. The second kappa shape index (κ2) is 8.93. The second-order valence-electron chi connectivity index (χ2n) is 5.41. The van der Waals surface area contributed by atoms with Crippen molar-refractivity contribution in [2.45, 2.75) is 0 Å². The molecule has 0 amide bonds. The van der Waals surface area contributed by atoms with Gasteiger partial charge in [0.1, 0.15) is 0 Å². The third kappa shape index (κ3) is 4.86. The fourth-order valence-electron chi connectivity index (χ4n) is 2.14. The molecule has 0 aromatic heterocycles. The van der Waals surface area contributed by atoms with E-state index in [0.29, 0.717) is 0 Å². The molecule has 0 radical (unpaired) electrons. The Balaban J connectivity index is 2.09. The van der Waals surface area contributed by atoms with Crippen LogP contribution in [0.3, 0.4) is 0 Å². The zero-order valence-corrected chi connectivity index (χ0v) is 19.1. The van der Waals surface area contributed by atoms with Crippen molar-refractivity contribution in [3.63, 3.8) is 0 Å². The molecule has 0 spiro atoms. The van der Waals surface area contributed by atoms with Gasteiger partial charge < -0.3 is 9.05 Å². The number of halogens is 6. The molecule has 3 rings (SSSR count). The van der Waals surface area contributed by atoms with E-state index in [2.05, 4.69) is 0 Å². The average Bonchev–Trinajstić information content (AvgIpc) is 2.65. The van der Waals surface area contributed by atoms with Crippen LogP contribution in [0.4, 0.5) is 0 Å². The van der Waals surface area contributed by atoms with Crippen LogP contribution in [-0.4, -0.2) is 0 Å². The minimum absolute atomic E-state index is 0.0273. The van der Waals surface area contributed by atoms with Gasteiger partial charge in [-0.25, -0.2) is 4.57 Å². The van der Waals surface area contributed by atoms with Gasteiger partial charge in [0.05, 0.1) is 35.4 Å². The molecule has 0 saturated carbocycles. The van der Waals surface area contributed by atoms with Gasteiger partial charge in [-0.05, 0) is 24.3 Å². The van der Waals surface area contributed by atoms with Crippen molar-refractivity contribution in [3.05, 3.63) is 84.7 Å². The first-order valence-corrected chi connectivity index (χ1v) is 11.3. The predicted octanol–water partition coefficient (Wildman–Crippen LogP) is 8.58. The summed E-state index contributed by atoms with van der Waals surface area (Å²) in [5.41, 5.74) is 0. The van der Waals surface area contributed by atoms with E-state index >= 15 is 0 Å². The molecule has 0 aliphatic rings. The molecule has 0 N–H and O–H groups in total. The highest BCUT2D eigenvalue weighted by atomic mass is 35.5. The van der Waals surface area contributed by atoms with Crippen LogP contribution in [0.2, 0.25) is 30.1 Å². The molecule has 0 unspecified atom stereocenters. The molecule has 3 aromatic rings. The van der Waals surface area contributed by atoms with Gasteiger partial charge in [0.15, 0.2) is 11.5 Å². The van der Waals surface area contributed by atoms with Crippen LogP contribution in [0.1, 0.15) is 0 Å². The molecule has 0 fully saturated rings. The molecule has 3 aromatic carbocycles. The smallest absolute Gasteiger partial charge is 0.411 e. The minimum Gasteiger partial charge on any atom is -0.411 e. The number of benzene rings is 3. The zero-order valence-electron chi connectivity index (χ0n) is 13.6. The van der Waals surface area contributed by atoms with Crippen LogP contribution >= 0.6 is 77.2 Å². The maximum atomic E-state index is 13.7. The zero-order chi connectivity index (χ0) is 20.5. The van der Waals surface area contributed by atoms with E-state index in [1.54, 1.807) is 30.3 Å². The lowest BCUT2D eigenvalue weighted by Crippen LogP contribution is -2.15. The molecule has 0 saturated heterocycles. The van der Waals surface area contributed by atoms with Crippen molar-refractivity contribution < 1.29 is 13.6 Å². The van der Waals surface area contributed by atoms with E-state index in [9.17, 15) is 4.57 Å². The van der Waals surface area contributed by atoms with E-state index in [1.807, 2.05) is 0 Å². The maximum Gasteiger partial charge on any atom is 0.462 e. The summed E-state index contributed by atoms with van der Waals surface area (Å²) < 4.78 is 25.2. The maximum absolute atomic E-state index is 13.7. The molecule has 3 nitrogen and oxygen atoms in total. The summed E-state index contributed by atoms with van der Waals surface area (Å²) in [6.45, 7) is 0. The normalized spacial score (nSPS) is 11.4. The Morgan fingerprint density at radius 1 is 0.571 bits per heavy atom. The molecule has 0 bridgehead atoms. The van der Waals surface area contributed by atoms with Gasteiger partial charge in [0.2, 0.25) is 0 Å². The summed E-state index contributed by atoms with van der Waals surface area (Å²) in [4.78, 5) is 0. The first-order chi connectivity index (χ1) is 13.2. The number of rotatable bonds is 5. The highest BCUT2D eigenvalue weighted by Gasteiger charge is 2.33. The summed E-state index contributed by atoms with van der Waals surface area (Å²) in [6, 6.07) is 13.7. The fourth-order valence-corrected chi connectivity index (χ4v) is 5.01. The lowest BCUT2D eigenvalue weighted by molar-refractivity contribution is 0.399. The minimum atomic E-state index is -4.01. The summed E-state index contributed by atoms with van der Waals surface area (Å²) in [5, 5.41) is 1.27. The third-order valence-electron chi connectivity index (χ3n) is 3.46. The molecule has 28 heavy (non-hydrogen) atoms. The van der Waals surface area contributed by atoms with Crippen molar-refractivity contribution >= 4 is 82.5 Å². The van der Waals surface area contributed by atoms with Gasteiger partial charge in [-0.3, -0.25) is 0 Å². The van der Waals surface area contributed by atoms with Crippen molar-refractivity contribution in [2.24, 2.45) is 0 Å². The molecule has 10 heteroatoms. The molecule has 0 aliphatic heterocycles. The topological polar surface area (TPSA) is 35.5 Å². The van der Waals surface area contributed by atoms with Crippen LogP contribution in [-0.2, 0) is 4.57 Å². The summed E-state index contributed by atoms with van der Waals surface area (Å²) in [6.07, 6.45) is 0. The molecular weight excluding hydrogens is 508 g/mol. The molecule has 0 aliphatic carbocycles. The number of hydrogen-bond donors (Lipinski definition) is 0. The predicted molar refractivity (Wildman–Crippen MR) is 118 cm³/mol. The van der Waals surface area contributed by atoms with Crippen LogP contribution in [0, 0.1) is 0 Å². The highest BCUT2D eigenvalue weighted by Crippen LogP contribution is 2.52. The Morgan fingerprint density at radius 2 is 0.964 bits per heavy atom. The van der Waals surface area contributed by atoms with Crippen LogP contribution in [0.15, 0.2) is 54.6 Å². The monoisotopic (exact) mass is 514 g/mol. The van der Waals surface area contributed by atoms with Crippen molar-refractivity contribution in [1.29, 1.82) is 0 Å². The Bertz CT molecular complexity index is 1010. The lowest BCUT2D eigenvalue weighted by Gasteiger charge is -2.22. The van der Waals surface area contributed by atoms with Gasteiger partial charge >= 0.3 is 7.60 Å². The molecule has 146 valence electrons. The van der Waals surface area contributed by atoms with E-state index < -0.39 is 7.60 Å². The van der Waals surface area contributed by atoms with Gasteiger partial charge in [-0.15, -0.1) is 0 Å². The summed E-state index contributed by atoms with van der Waals surface area (Å²) >= 11 is 36.3. The Kier molecular flexibility index (Phi) is 7.00. The highest BCUT2D eigenvalue weighted by molar-refractivity contribution is 7.63. The Hall–Kier alpha value is -0.770. The van der Waals surface area contributed by atoms with Crippen molar-refractivity contribution in [1.82, 2.24) is 0 Å². The standard InChI is InChI=1S/C18H9Cl6O3P/c19-11-6-15(23)17(8-13(11)21)26-28(25,10-4-2-1-3-5-10)27-18-9-14(22)12(20)7-16(18)24/h1-9H. The molecule has 0 atom stereocenters. The average molecular weight is 517 g/mol. The van der Waals surface area contributed by atoms with E-state index in [0.717, 1.165) is 0 Å². The Morgan fingerprint density at radius 3 is 1.39 bits per heavy atom. The SMILES string of the molecule is O=P(Oc1cc(Cl)c(Cl)cc1Cl)(Oc1cc(Cl)c(Cl)cc1Cl)c1ccccc1. The van der Waals surface area contributed by atoms with Crippen LogP contribution in [0.5, 0.6) is 11.5 Å². The van der Waals surface area contributed by atoms with E-state index in [4.69, 9.17) is 78.7 Å². The van der Waals surface area contributed by atoms with Crippen LogP contribution < -0.4 is 14.4 Å². The first-order valence-electron chi connectivity index (χ1n) is 7.53. The van der Waals surface area contributed by atoms with E-state index in [1.165, 1.54) is 24.3 Å². The third-order valence-corrected chi connectivity index (χ3v) is 7.30. The quantitative estimate of drug-likeness (QED) is 0.251. The fraction of sp³-hybridized carbons (Fsp3) is 0. The lowest BCUT2D eigenvalue weighted by atomic mass is 10.3. The van der Waals surface area contributed by atoms with Gasteiger partial charge in [-0.2, -0.15) is 0 Å². The molecular formula is C18H9Cl6O3P. The first kappa shape index (κ1) is 21.9. The van der Waals surface area contributed by atoms with Crippen LogP contribution in [0.25, 0.3) is 0 Å². The van der Waals surface area contributed by atoms with Crippen molar-refractivity contribution in [3.8, 4) is 11.5 Å². The number of hydrogen-bond acceptors (Lipinski definition) is 3. The van der Waals surface area contributed by atoms with Gasteiger partial charge in [0, 0.05) is 12.1 Å².